The molecule has 1 aromatic rings. The zero-order chi connectivity index (χ0) is 12.5. The lowest BCUT2D eigenvalue weighted by atomic mass is 9.88. The highest BCUT2D eigenvalue weighted by atomic mass is 35.5. The summed E-state index contributed by atoms with van der Waals surface area (Å²) in [5.41, 5.74) is 0.739. The number of hydrogen-bond acceptors (Lipinski definition) is 1. The van der Waals surface area contributed by atoms with Gasteiger partial charge in [-0.1, -0.05) is 36.0 Å². The van der Waals surface area contributed by atoms with Crippen molar-refractivity contribution < 1.29 is 4.79 Å². The molecule has 92 valence electrons. The number of rotatable bonds is 2. The fourth-order valence-electron chi connectivity index (χ4n) is 2.63. The second kappa shape index (κ2) is 4.87. The van der Waals surface area contributed by atoms with Gasteiger partial charge in [0, 0.05) is 17.0 Å². The topological polar surface area (TPSA) is 29.1 Å². The van der Waals surface area contributed by atoms with Crippen molar-refractivity contribution in [1.82, 2.24) is 5.32 Å². The zero-order valence-corrected chi connectivity index (χ0v) is 11.2. The number of amides is 1. The molecule has 1 saturated carbocycles. The number of benzene rings is 1. The molecule has 0 heterocycles. The van der Waals surface area contributed by atoms with Crippen LogP contribution in [-0.4, -0.2) is 5.91 Å². The summed E-state index contributed by atoms with van der Waals surface area (Å²) in [4.78, 5) is 11.4. The summed E-state index contributed by atoms with van der Waals surface area (Å²) in [5, 5.41) is 4.30. The predicted molar refractivity (Wildman–Crippen MR) is 70.4 cm³/mol. The van der Waals surface area contributed by atoms with Crippen molar-refractivity contribution in [3.05, 3.63) is 33.8 Å². The molecule has 1 aliphatic carbocycles. The summed E-state index contributed by atoms with van der Waals surface area (Å²) in [7, 11) is 0. The molecular formula is C13H15Cl2NO. The average Bonchev–Trinajstić information content (AvgIpc) is 2.65. The third-order valence-corrected chi connectivity index (χ3v) is 3.72. The Labute approximate surface area is 111 Å². The van der Waals surface area contributed by atoms with Gasteiger partial charge in [-0.05, 0) is 36.6 Å². The van der Waals surface area contributed by atoms with Crippen molar-refractivity contribution in [2.75, 3.05) is 0 Å². The smallest absolute Gasteiger partial charge is 0.217 e. The number of hydrogen-bond donors (Lipinski definition) is 1. The van der Waals surface area contributed by atoms with Crippen molar-refractivity contribution in [2.24, 2.45) is 0 Å². The highest BCUT2D eigenvalue weighted by Crippen LogP contribution is 2.40. The van der Waals surface area contributed by atoms with E-state index in [1.807, 2.05) is 12.1 Å². The lowest BCUT2D eigenvalue weighted by Gasteiger charge is -2.31. The third kappa shape index (κ3) is 2.75. The standard InChI is InChI=1S/C13H15Cl2NO/c1-9(17)16-13(4-2-3-5-13)10-6-11(14)8-12(15)7-10/h6-8H,2-5H2,1H3,(H,16,17). The van der Waals surface area contributed by atoms with E-state index in [2.05, 4.69) is 5.32 Å². The van der Waals surface area contributed by atoms with Crippen LogP contribution in [0.3, 0.4) is 0 Å². The van der Waals surface area contributed by atoms with E-state index in [4.69, 9.17) is 23.2 Å². The Morgan fingerprint density at radius 3 is 2.18 bits per heavy atom. The van der Waals surface area contributed by atoms with Gasteiger partial charge in [-0.25, -0.2) is 0 Å². The Morgan fingerprint density at radius 1 is 1.18 bits per heavy atom. The van der Waals surface area contributed by atoms with Gasteiger partial charge in [-0.3, -0.25) is 4.79 Å². The molecule has 0 unspecified atom stereocenters. The molecule has 17 heavy (non-hydrogen) atoms. The Morgan fingerprint density at radius 2 is 1.71 bits per heavy atom. The maximum Gasteiger partial charge on any atom is 0.217 e. The molecular weight excluding hydrogens is 257 g/mol. The summed E-state index contributed by atoms with van der Waals surface area (Å²) in [6.45, 7) is 1.55. The first-order chi connectivity index (χ1) is 8.02. The molecule has 0 aliphatic heterocycles. The van der Waals surface area contributed by atoms with Crippen molar-refractivity contribution in [2.45, 2.75) is 38.1 Å². The molecule has 1 amide bonds. The van der Waals surface area contributed by atoms with E-state index >= 15 is 0 Å². The van der Waals surface area contributed by atoms with E-state index < -0.39 is 0 Å². The minimum Gasteiger partial charge on any atom is -0.347 e. The average molecular weight is 272 g/mol. The fraction of sp³-hybridized carbons (Fsp3) is 0.462. The van der Waals surface area contributed by atoms with Gasteiger partial charge in [0.15, 0.2) is 0 Å². The number of nitrogens with one attached hydrogen (secondary N) is 1. The third-order valence-electron chi connectivity index (χ3n) is 3.29. The van der Waals surface area contributed by atoms with Crippen molar-refractivity contribution >= 4 is 29.1 Å². The van der Waals surface area contributed by atoms with Gasteiger partial charge in [-0.15, -0.1) is 0 Å². The van der Waals surface area contributed by atoms with Crippen molar-refractivity contribution in [1.29, 1.82) is 0 Å². The molecule has 4 heteroatoms. The summed E-state index contributed by atoms with van der Waals surface area (Å²) in [6.07, 6.45) is 4.13. The van der Waals surface area contributed by atoms with E-state index in [9.17, 15) is 4.79 Å². The van der Waals surface area contributed by atoms with Gasteiger partial charge in [0.2, 0.25) is 5.91 Å². The Bertz CT molecular complexity index is 419. The van der Waals surface area contributed by atoms with E-state index in [0.717, 1.165) is 31.2 Å². The molecule has 0 radical (unpaired) electrons. The van der Waals surface area contributed by atoms with Gasteiger partial charge in [0.25, 0.3) is 0 Å². The van der Waals surface area contributed by atoms with Gasteiger partial charge in [0.1, 0.15) is 0 Å². The van der Waals surface area contributed by atoms with Crippen LogP contribution in [-0.2, 0) is 10.3 Å². The number of carbonyl (C=O) groups is 1. The highest BCUT2D eigenvalue weighted by Gasteiger charge is 2.36. The highest BCUT2D eigenvalue weighted by molar-refractivity contribution is 6.34. The number of halogens is 2. The first kappa shape index (κ1) is 12.7. The summed E-state index contributed by atoms with van der Waals surface area (Å²) >= 11 is 12.1. The summed E-state index contributed by atoms with van der Waals surface area (Å²) < 4.78 is 0. The number of carbonyl (C=O) groups excluding carboxylic acids is 1. The molecule has 0 aromatic heterocycles. The molecule has 0 atom stereocenters. The molecule has 2 rings (SSSR count). The van der Waals surface area contributed by atoms with Crippen LogP contribution < -0.4 is 5.32 Å². The molecule has 0 saturated heterocycles. The quantitative estimate of drug-likeness (QED) is 0.869. The summed E-state index contributed by atoms with van der Waals surface area (Å²) in [6, 6.07) is 5.51. The Balaban J connectivity index is 2.41. The fourth-order valence-corrected chi connectivity index (χ4v) is 3.16. The molecule has 0 bridgehead atoms. The molecule has 1 fully saturated rings. The maximum atomic E-state index is 11.4. The lowest BCUT2D eigenvalue weighted by Crippen LogP contribution is -2.42. The monoisotopic (exact) mass is 271 g/mol. The van der Waals surface area contributed by atoms with Gasteiger partial charge in [0.05, 0.1) is 5.54 Å². The first-order valence-electron chi connectivity index (χ1n) is 5.77. The van der Waals surface area contributed by atoms with Crippen LogP contribution >= 0.6 is 23.2 Å². The van der Waals surface area contributed by atoms with Crippen LogP contribution in [0.15, 0.2) is 18.2 Å². The first-order valence-corrected chi connectivity index (χ1v) is 6.53. The van der Waals surface area contributed by atoms with Gasteiger partial charge < -0.3 is 5.32 Å². The van der Waals surface area contributed by atoms with E-state index in [1.165, 1.54) is 0 Å². The van der Waals surface area contributed by atoms with Crippen LogP contribution in [0.1, 0.15) is 38.2 Å². The second-order valence-corrected chi connectivity index (χ2v) is 5.50. The van der Waals surface area contributed by atoms with Crippen LogP contribution in [0, 0.1) is 0 Å². The Hall–Kier alpha value is -0.730. The molecule has 2 nitrogen and oxygen atoms in total. The van der Waals surface area contributed by atoms with E-state index in [1.54, 1.807) is 13.0 Å². The Kier molecular flexibility index (Phi) is 3.64. The van der Waals surface area contributed by atoms with Crippen LogP contribution in [0.5, 0.6) is 0 Å². The minimum absolute atomic E-state index is 0.0111. The van der Waals surface area contributed by atoms with E-state index in [0.29, 0.717) is 10.0 Å². The molecule has 1 aromatic carbocycles. The largest absolute Gasteiger partial charge is 0.347 e. The molecule has 1 N–H and O–H groups in total. The SMILES string of the molecule is CC(=O)NC1(c2cc(Cl)cc(Cl)c2)CCCC1. The van der Waals surface area contributed by atoms with Crippen molar-refractivity contribution in [3.8, 4) is 0 Å². The van der Waals surface area contributed by atoms with Crippen LogP contribution in [0.2, 0.25) is 10.0 Å². The van der Waals surface area contributed by atoms with Crippen LogP contribution in [0.25, 0.3) is 0 Å². The summed E-state index contributed by atoms with van der Waals surface area (Å²) in [5.74, 6) is -0.0111. The predicted octanol–water partition coefficient (Wildman–Crippen LogP) is 3.90. The molecule has 0 spiro atoms. The zero-order valence-electron chi connectivity index (χ0n) is 9.72. The minimum atomic E-state index is -0.277. The second-order valence-electron chi connectivity index (χ2n) is 4.63. The normalized spacial score (nSPS) is 18.1. The lowest BCUT2D eigenvalue weighted by molar-refractivity contribution is -0.121. The molecule has 1 aliphatic rings. The van der Waals surface area contributed by atoms with Crippen LogP contribution in [0.4, 0.5) is 0 Å². The van der Waals surface area contributed by atoms with Crippen molar-refractivity contribution in [3.63, 3.8) is 0 Å². The van der Waals surface area contributed by atoms with Gasteiger partial charge >= 0.3 is 0 Å². The van der Waals surface area contributed by atoms with Gasteiger partial charge in [-0.2, -0.15) is 0 Å². The van der Waals surface area contributed by atoms with E-state index in [-0.39, 0.29) is 11.4 Å². The maximum absolute atomic E-state index is 11.4.